The van der Waals surface area contributed by atoms with E-state index in [1.54, 1.807) is 6.92 Å². The Morgan fingerprint density at radius 1 is 1.42 bits per heavy atom. The second kappa shape index (κ2) is 4.59. The van der Waals surface area contributed by atoms with Gasteiger partial charge in [0.25, 0.3) is 0 Å². The molecule has 0 aromatic rings. The molecular weight excluding hydrogens is 188 g/mol. The van der Waals surface area contributed by atoms with Crippen LogP contribution in [0.1, 0.15) is 6.92 Å². The quantitative estimate of drug-likeness (QED) is 0.292. The fraction of sp³-hybridized carbons (Fsp3) is 0.571. The van der Waals surface area contributed by atoms with Crippen molar-refractivity contribution in [3.05, 3.63) is 11.3 Å². The molecule has 0 rings (SSSR count). The molecule has 0 saturated heterocycles. The molecule has 0 aromatic heterocycles. The molecular formula is C7H16O3Si2. The van der Waals surface area contributed by atoms with Gasteiger partial charge in [-0.15, -0.1) is 0 Å². The summed E-state index contributed by atoms with van der Waals surface area (Å²) in [6.45, 7) is 7.60. The lowest BCUT2D eigenvalue weighted by atomic mass is 10.4. The van der Waals surface area contributed by atoms with E-state index in [4.69, 9.17) is 4.58 Å². The Morgan fingerprint density at radius 2 is 1.92 bits per heavy atom. The fourth-order valence-electron chi connectivity index (χ4n) is 0.346. The van der Waals surface area contributed by atoms with Crippen LogP contribution in [-0.2, 0) is 14.3 Å². The zero-order chi connectivity index (χ0) is 9.78. The minimum atomic E-state index is -1.74. The highest BCUT2D eigenvalue weighted by Crippen LogP contribution is 2.05. The molecule has 0 saturated carbocycles. The minimum Gasteiger partial charge on any atom is -0.305 e. The van der Waals surface area contributed by atoms with Gasteiger partial charge in [-0.05, 0) is 26.6 Å². The first-order chi connectivity index (χ1) is 5.37. The van der Waals surface area contributed by atoms with Gasteiger partial charge in [-0.25, -0.2) is 9.37 Å². The molecule has 0 aliphatic carbocycles. The molecule has 0 aliphatic heterocycles. The van der Waals surface area contributed by atoms with Gasteiger partial charge < -0.3 is 4.89 Å². The second-order valence-corrected chi connectivity index (χ2v) is 8.51. The van der Waals surface area contributed by atoms with Gasteiger partial charge in [-0.2, -0.15) is 0 Å². The number of hydrogen-bond donors (Lipinski definition) is 0. The maximum absolute atomic E-state index is 11.0. The first-order valence-corrected chi connectivity index (χ1v) is 8.46. The molecule has 3 nitrogen and oxygen atoms in total. The van der Waals surface area contributed by atoms with E-state index in [0.29, 0.717) is 5.57 Å². The summed E-state index contributed by atoms with van der Waals surface area (Å²) < 4.78 is 4.98. The zero-order valence-electron chi connectivity index (χ0n) is 8.30. The molecule has 0 heterocycles. The zero-order valence-corrected chi connectivity index (χ0v) is 11.3. The Balaban J connectivity index is 3.89. The predicted octanol–water partition coefficient (Wildman–Crippen LogP) is 0.565. The normalized spacial score (nSPS) is 13.2. The molecule has 0 bridgehead atoms. The topological polar surface area (TPSA) is 35.5 Å². The summed E-state index contributed by atoms with van der Waals surface area (Å²) in [7, 11) is -0.878. The average Bonchev–Trinajstić information content (AvgIpc) is 1.97. The Kier molecular flexibility index (Phi) is 4.43. The van der Waals surface area contributed by atoms with Gasteiger partial charge in [0.2, 0.25) is 8.32 Å². The van der Waals surface area contributed by atoms with Crippen molar-refractivity contribution in [1.29, 1.82) is 0 Å². The van der Waals surface area contributed by atoms with Crippen molar-refractivity contribution >= 4 is 24.5 Å². The lowest BCUT2D eigenvalue weighted by Crippen LogP contribution is -2.27. The summed E-state index contributed by atoms with van der Waals surface area (Å²) in [6, 6.07) is 0. The smallest absolute Gasteiger partial charge is 0.305 e. The van der Waals surface area contributed by atoms with Crippen molar-refractivity contribution in [3.63, 3.8) is 0 Å². The maximum Gasteiger partial charge on any atom is 0.366 e. The van der Waals surface area contributed by atoms with Gasteiger partial charge in [0, 0.05) is 15.8 Å². The van der Waals surface area contributed by atoms with E-state index in [0.717, 1.165) is 10.2 Å². The fourth-order valence-corrected chi connectivity index (χ4v) is 0.908. The molecule has 0 atom stereocenters. The standard InChI is InChI=1S/C7H16O3Si2/c1-6(5-11)7(8)9-10-12(2,3)4/h5H,1-4,11H3. The van der Waals surface area contributed by atoms with Crippen LogP contribution < -0.4 is 0 Å². The van der Waals surface area contributed by atoms with Crippen molar-refractivity contribution in [3.8, 4) is 0 Å². The van der Waals surface area contributed by atoms with E-state index in [1.165, 1.54) is 0 Å². The van der Waals surface area contributed by atoms with Crippen LogP contribution in [0.5, 0.6) is 0 Å². The van der Waals surface area contributed by atoms with Gasteiger partial charge in [-0.1, -0.05) is 5.70 Å². The van der Waals surface area contributed by atoms with E-state index in [9.17, 15) is 4.79 Å². The SMILES string of the molecule is CC(=C[SiH3])C(=O)OO[Si](C)(C)C. The van der Waals surface area contributed by atoms with Crippen LogP contribution in [0.15, 0.2) is 11.3 Å². The Morgan fingerprint density at radius 3 is 2.25 bits per heavy atom. The maximum atomic E-state index is 11.0. The number of rotatable bonds is 3. The number of carbonyl (C=O) groups is 1. The molecule has 0 radical (unpaired) electrons. The molecule has 5 heteroatoms. The summed E-state index contributed by atoms with van der Waals surface area (Å²) in [5.41, 5.74) is 2.45. The summed E-state index contributed by atoms with van der Waals surface area (Å²) in [6.07, 6.45) is 0. The first-order valence-electron chi connectivity index (χ1n) is 3.90. The van der Waals surface area contributed by atoms with Crippen molar-refractivity contribution in [2.75, 3.05) is 0 Å². The predicted molar refractivity (Wildman–Crippen MR) is 54.2 cm³/mol. The van der Waals surface area contributed by atoms with Crippen molar-refractivity contribution in [1.82, 2.24) is 0 Å². The van der Waals surface area contributed by atoms with Gasteiger partial charge in [0.1, 0.15) is 0 Å². The third-order valence-corrected chi connectivity index (χ3v) is 2.57. The van der Waals surface area contributed by atoms with Crippen LogP contribution in [0.2, 0.25) is 19.6 Å². The summed E-state index contributed by atoms with van der Waals surface area (Å²) in [5, 5.41) is 0. The molecule has 0 spiro atoms. The Bertz CT molecular complexity index is 193. The van der Waals surface area contributed by atoms with Gasteiger partial charge in [-0.3, -0.25) is 0 Å². The highest BCUT2D eigenvalue weighted by atomic mass is 28.4. The largest absolute Gasteiger partial charge is 0.366 e. The van der Waals surface area contributed by atoms with E-state index < -0.39 is 8.32 Å². The Hall–Kier alpha value is -0.396. The summed E-state index contributed by atoms with van der Waals surface area (Å²) in [4.78, 5) is 15.7. The van der Waals surface area contributed by atoms with Gasteiger partial charge >= 0.3 is 5.97 Å². The minimum absolute atomic E-state index is 0.368. The van der Waals surface area contributed by atoms with Crippen molar-refractivity contribution < 1.29 is 14.3 Å². The highest BCUT2D eigenvalue weighted by Gasteiger charge is 2.19. The van der Waals surface area contributed by atoms with Crippen LogP contribution in [0.25, 0.3) is 0 Å². The molecule has 0 aliphatic rings. The van der Waals surface area contributed by atoms with Crippen LogP contribution in [0, 0.1) is 0 Å². The number of hydrogen-bond acceptors (Lipinski definition) is 3. The molecule has 0 aromatic carbocycles. The molecule has 70 valence electrons. The van der Waals surface area contributed by atoms with Crippen LogP contribution in [0.4, 0.5) is 0 Å². The molecule has 12 heavy (non-hydrogen) atoms. The Labute approximate surface area is 77.2 Å². The highest BCUT2D eigenvalue weighted by molar-refractivity contribution is 6.69. The summed E-state index contributed by atoms with van der Waals surface area (Å²) >= 11 is 0. The lowest BCUT2D eigenvalue weighted by molar-refractivity contribution is -0.214. The third-order valence-electron chi connectivity index (χ3n) is 1.12. The van der Waals surface area contributed by atoms with E-state index in [-0.39, 0.29) is 5.97 Å². The van der Waals surface area contributed by atoms with Gasteiger partial charge in [0.15, 0.2) is 0 Å². The van der Waals surface area contributed by atoms with E-state index >= 15 is 0 Å². The van der Waals surface area contributed by atoms with Crippen molar-refractivity contribution in [2.45, 2.75) is 26.6 Å². The molecule has 0 fully saturated rings. The van der Waals surface area contributed by atoms with E-state index in [1.807, 2.05) is 25.3 Å². The van der Waals surface area contributed by atoms with Gasteiger partial charge in [0.05, 0.1) is 0 Å². The van der Waals surface area contributed by atoms with Crippen LogP contribution in [0.3, 0.4) is 0 Å². The molecule has 0 N–H and O–H groups in total. The van der Waals surface area contributed by atoms with Crippen LogP contribution in [-0.4, -0.2) is 24.5 Å². The van der Waals surface area contributed by atoms with Crippen molar-refractivity contribution in [2.24, 2.45) is 0 Å². The number of carbonyl (C=O) groups excluding carboxylic acids is 1. The second-order valence-electron chi connectivity index (χ2n) is 3.54. The first kappa shape index (κ1) is 11.6. The van der Waals surface area contributed by atoms with E-state index in [2.05, 4.69) is 4.89 Å². The third kappa shape index (κ3) is 5.28. The lowest BCUT2D eigenvalue weighted by Gasteiger charge is -2.14. The van der Waals surface area contributed by atoms with Crippen LogP contribution >= 0.6 is 0 Å². The molecule has 0 unspecified atom stereocenters. The monoisotopic (exact) mass is 204 g/mol. The average molecular weight is 204 g/mol. The molecule has 0 amide bonds. The summed E-state index contributed by atoms with van der Waals surface area (Å²) in [5.74, 6) is -0.368.